The summed E-state index contributed by atoms with van der Waals surface area (Å²) in [7, 11) is -16.4. The monoisotopic (exact) mass is 1030 g/mol. The molecule has 1 aliphatic heterocycles. The smallest absolute Gasteiger partial charge is 0.425 e. The lowest BCUT2D eigenvalue weighted by atomic mass is 10.1. The van der Waals surface area contributed by atoms with E-state index in [-0.39, 0.29) is 28.1 Å². The summed E-state index contributed by atoms with van der Waals surface area (Å²) in [5, 5.41) is 69.3. The zero-order chi connectivity index (χ0) is 50.4. The van der Waals surface area contributed by atoms with Crippen LogP contribution >= 0.6 is 0 Å². The van der Waals surface area contributed by atoms with E-state index in [0.29, 0.717) is 0 Å². The van der Waals surface area contributed by atoms with Crippen LogP contribution in [0.5, 0.6) is 11.5 Å². The van der Waals surface area contributed by atoms with E-state index in [1.165, 1.54) is 24.3 Å². The number of aromatic hydroxyl groups is 2. The fraction of sp³-hybridized carbons (Fsp3) is 0.0312. The van der Waals surface area contributed by atoms with Gasteiger partial charge in [0.2, 0.25) is 6.04 Å². The number of hydrazone groups is 1. The molecule has 350 valence electrons. The van der Waals surface area contributed by atoms with Gasteiger partial charge < -0.3 is 15.3 Å². The van der Waals surface area contributed by atoms with Crippen molar-refractivity contribution in [2.45, 2.75) is 15.8 Å². The maximum atomic E-state index is 13.0. The van der Waals surface area contributed by atoms with Gasteiger partial charge in [0.05, 0.1) is 27.4 Å². The van der Waals surface area contributed by atoms with Crippen molar-refractivity contribution in [3.8, 4) is 11.5 Å². The number of hydrogen-bond acceptors (Lipinski definition) is 25. The highest BCUT2D eigenvalue weighted by Gasteiger charge is 2.41. The third-order valence-corrected chi connectivity index (χ3v) is 9.43. The SMILES string of the molecule is O=C(O)C1=NN(c2ccccc2)C(=O)C1N=Nc1ccc(N=Nc2ccc3cc(S(=O)(=O)O)c(N=Nc4ccc([N+](=O)[O-])cc4)c(O)c3c2O)c(S(=O)(=O)O)c1.O=S(=O)=O.O=S(=O)=O.O=S=O. The molecule has 0 spiro atoms. The lowest BCUT2D eigenvalue weighted by molar-refractivity contribution is -0.384. The van der Waals surface area contributed by atoms with E-state index in [1.807, 2.05) is 0 Å². The van der Waals surface area contributed by atoms with Crippen LogP contribution in [0.15, 0.2) is 137 Å². The molecule has 5 N–H and O–H groups in total. The number of amides is 1. The van der Waals surface area contributed by atoms with Gasteiger partial charge in [0.25, 0.3) is 31.8 Å². The molecule has 35 heteroatoms. The van der Waals surface area contributed by atoms with E-state index in [1.54, 1.807) is 18.2 Å². The number of non-ortho nitro benzene ring substituents is 1. The first-order valence-corrected chi connectivity index (χ1v) is 22.1. The first-order valence-electron chi connectivity index (χ1n) is 16.6. The van der Waals surface area contributed by atoms with E-state index in [0.717, 1.165) is 53.5 Å². The molecule has 0 saturated heterocycles. The molecule has 6 rings (SSSR count). The van der Waals surface area contributed by atoms with Crippen molar-refractivity contribution in [3.63, 3.8) is 0 Å². The van der Waals surface area contributed by atoms with E-state index < -0.39 is 125 Å². The number of phenolic OH excluding ortho intramolecular Hbond substituents is 2. The van der Waals surface area contributed by atoms with Crippen LogP contribution in [0.2, 0.25) is 0 Å². The number of anilines is 1. The summed E-state index contributed by atoms with van der Waals surface area (Å²) in [6.45, 7) is 0. The predicted octanol–water partition coefficient (Wildman–Crippen LogP) is 3.74. The second kappa shape index (κ2) is 23.0. The Bertz CT molecular complexity index is 3360. The molecule has 5 aromatic carbocycles. The van der Waals surface area contributed by atoms with Crippen LogP contribution in [-0.4, -0.2) is 103 Å². The van der Waals surface area contributed by atoms with Crippen LogP contribution < -0.4 is 5.01 Å². The maximum absolute atomic E-state index is 13.0. The Labute approximate surface area is 378 Å². The zero-order valence-corrected chi connectivity index (χ0v) is 36.2. The van der Waals surface area contributed by atoms with Crippen LogP contribution in [0.4, 0.5) is 39.8 Å². The number of aliphatic carboxylic acids is 1. The minimum absolute atomic E-state index is 0.0223. The van der Waals surface area contributed by atoms with Crippen LogP contribution in [-0.2, 0) is 62.6 Å². The number of phenols is 2. The maximum Gasteiger partial charge on any atom is 0.425 e. The molecule has 0 fully saturated rings. The summed E-state index contributed by atoms with van der Waals surface area (Å²) in [6.07, 6.45) is 0. The summed E-state index contributed by atoms with van der Waals surface area (Å²) < 4.78 is 136. The standard InChI is InChI=1S/C32H21N9O13S2.2O3S.O2S/c42-29-22(12-6-16-14-24(56(52,53)54)26(30(43)25(16)29)37-33-17-7-10-20(11-8-17)41(47)48)36-35-21-13-9-18(15-23(21)55(49,50)51)34-38-27-28(32(45)46)39-40(31(27)44)19-4-2-1-3-5-19;2*1-4(2)3;1-3-2/h1-15,27,42-43H,(H,45,46)(H,49,50,51)(H,52,53,54);;;. The topological polar surface area (TPSA) is 473 Å². The molecule has 0 radical (unpaired) electrons. The van der Waals surface area contributed by atoms with Crippen molar-refractivity contribution in [1.29, 1.82) is 0 Å². The van der Waals surface area contributed by atoms with Crippen molar-refractivity contribution in [1.82, 2.24) is 0 Å². The van der Waals surface area contributed by atoms with Gasteiger partial charge in [0.1, 0.15) is 26.9 Å². The van der Waals surface area contributed by atoms with Gasteiger partial charge in [0.15, 0.2) is 17.2 Å². The molecule has 0 bridgehead atoms. The second-order valence-electron chi connectivity index (χ2n) is 11.7. The number of carbonyl (C=O) groups excluding carboxylic acids is 1. The minimum atomic E-state index is -5.08. The van der Waals surface area contributed by atoms with Gasteiger partial charge >= 0.3 is 38.8 Å². The van der Waals surface area contributed by atoms with Gasteiger partial charge in [0, 0.05) is 12.1 Å². The normalized spacial score (nSPS) is 13.5. The second-order valence-corrected chi connectivity index (χ2v) is 15.5. The van der Waals surface area contributed by atoms with E-state index in [2.05, 4.69) is 35.8 Å². The highest BCUT2D eigenvalue weighted by molar-refractivity contribution is 7.86. The van der Waals surface area contributed by atoms with E-state index in [9.17, 15) is 61.0 Å². The number of rotatable bonds is 11. The molecule has 67 heavy (non-hydrogen) atoms. The summed E-state index contributed by atoms with van der Waals surface area (Å²) in [5.74, 6) is -4.28. The fourth-order valence-electron chi connectivity index (χ4n) is 5.08. The molecule has 1 amide bonds. The van der Waals surface area contributed by atoms with Gasteiger partial charge in [-0.25, -0.2) is 4.79 Å². The number of benzene rings is 5. The highest BCUT2D eigenvalue weighted by Crippen LogP contribution is 2.48. The summed E-state index contributed by atoms with van der Waals surface area (Å²) in [4.78, 5) is 33.3. The molecule has 5 aromatic rings. The van der Waals surface area contributed by atoms with Crippen molar-refractivity contribution in [2.24, 2.45) is 35.8 Å². The number of carbonyl (C=O) groups is 2. The highest BCUT2D eigenvalue weighted by atomic mass is 32.2. The van der Waals surface area contributed by atoms with Gasteiger partial charge in [-0.2, -0.15) is 50.7 Å². The van der Waals surface area contributed by atoms with Crippen LogP contribution in [0, 0.1) is 10.1 Å². The lowest BCUT2D eigenvalue weighted by Crippen LogP contribution is -2.32. The number of carboxylic acids is 1. The molecule has 30 nitrogen and oxygen atoms in total. The van der Waals surface area contributed by atoms with Crippen molar-refractivity contribution in [3.05, 3.63) is 101 Å². The molecular formula is C32H21N9O21S5. The van der Waals surface area contributed by atoms with Crippen LogP contribution in [0.25, 0.3) is 10.8 Å². The molecular weight excluding hydrogens is 1010 g/mol. The number of para-hydroxylation sites is 1. The van der Waals surface area contributed by atoms with Crippen molar-refractivity contribution < 1.29 is 89.4 Å². The molecule has 1 aliphatic rings. The average molecular weight is 1030 g/mol. The molecule has 1 unspecified atom stereocenters. The summed E-state index contributed by atoms with van der Waals surface area (Å²) in [6, 6.07) is 16.6. The Kier molecular flexibility index (Phi) is 18.2. The number of nitro benzene ring substituents is 1. The molecule has 0 aliphatic carbocycles. The number of nitro groups is 1. The van der Waals surface area contributed by atoms with E-state index >= 15 is 0 Å². The number of azo groups is 3. The Hall–Kier alpha value is -8.35. The van der Waals surface area contributed by atoms with Crippen molar-refractivity contribution >= 4 is 121 Å². The third-order valence-electron chi connectivity index (χ3n) is 7.68. The first-order chi connectivity index (χ1) is 31.3. The number of carboxylic acid groups (broad SMARTS) is 1. The lowest BCUT2D eigenvalue weighted by Gasteiger charge is -2.11. The quantitative estimate of drug-likeness (QED) is 0.0544. The van der Waals surface area contributed by atoms with Crippen molar-refractivity contribution in [2.75, 3.05) is 5.01 Å². The van der Waals surface area contributed by atoms with Crippen LogP contribution in [0.3, 0.4) is 0 Å². The fourth-order valence-corrected chi connectivity index (χ4v) is 6.38. The largest absolute Gasteiger partial charge is 0.505 e. The predicted molar refractivity (Wildman–Crippen MR) is 220 cm³/mol. The Morgan fingerprint density at radius 1 is 0.716 bits per heavy atom. The molecule has 1 atom stereocenters. The van der Waals surface area contributed by atoms with Gasteiger partial charge in [-0.3, -0.25) is 24.0 Å². The van der Waals surface area contributed by atoms with Crippen LogP contribution in [0.1, 0.15) is 0 Å². The molecule has 0 saturated carbocycles. The number of fused-ring (bicyclic) bond motifs is 1. The first kappa shape index (κ1) is 53.0. The van der Waals surface area contributed by atoms with Gasteiger partial charge in [-0.1, -0.05) is 24.3 Å². The summed E-state index contributed by atoms with van der Waals surface area (Å²) in [5.41, 5.74) is -2.80. The average Bonchev–Trinajstić information content (AvgIpc) is 3.57. The molecule has 0 aromatic heterocycles. The molecule has 1 heterocycles. The minimum Gasteiger partial charge on any atom is -0.505 e. The Morgan fingerprint density at radius 2 is 1.24 bits per heavy atom. The number of nitrogens with zero attached hydrogens (tertiary/aromatic N) is 9. The van der Waals surface area contributed by atoms with Gasteiger partial charge in [-0.05, 0) is 60.0 Å². The third kappa shape index (κ3) is 14.6. The summed E-state index contributed by atoms with van der Waals surface area (Å²) >= 11 is -0.750. The van der Waals surface area contributed by atoms with E-state index in [4.69, 9.17) is 33.7 Å². The zero-order valence-electron chi connectivity index (χ0n) is 32.1. The van der Waals surface area contributed by atoms with Gasteiger partial charge in [-0.15, -0.1) is 40.6 Å². The Balaban J connectivity index is 0.000000978. The Morgan fingerprint density at radius 3 is 1.76 bits per heavy atom. The number of hydrogen-bond donors (Lipinski definition) is 5.